The van der Waals surface area contributed by atoms with Gasteiger partial charge in [-0.3, -0.25) is 0 Å². The Labute approximate surface area is 160 Å². The lowest BCUT2D eigenvalue weighted by Crippen LogP contribution is -2.42. The van der Waals surface area contributed by atoms with Gasteiger partial charge >= 0.3 is 6.03 Å². The van der Waals surface area contributed by atoms with Crippen LogP contribution in [0.5, 0.6) is 0 Å². The van der Waals surface area contributed by atoms with Crippen molar-refractivity contribution in [1.29, 1.82) is 0 Å². The third kappa shape index (κ3) is 5.08. The molecule has 1 aromatic heterocycles. The first-order valence-corrected chi connectivity index (χ1v) is 10.6. The lowest BCUT2D eigenvalue weighted by molar-refractivity contribution is 0.122. The number of carbonyl (C=O) groups excluding carboxylic acids is 1. The maximum absolute atomic E-state index is 12.5. The fraction of sp³-hybridized carbons (Fsp3) is 0.778. The van der Waals surface area contributed by atoms with E-state index in [4.69, 9.17) is 4.74 Å². The third-order valence-corrected chi connectivity index (χ3v) is 6.16. The second-order valence-corrected chi connectivity index (χ2v) is 7.80. The number of nitrogens with zero attached hydrogens (tertiary/aromatic N) is 4. The molecule has 146 valence electrons. The van der Waals surface area contributed by atoms with Gasteiger partial charge in [-0.2, -0.15) is 0 Å². The number of hydrogen-bond donors (Lipinski definition) is 1. The number of carbonyl (C=O) groups is 1. The van der Waals surface area contributed by atoms with Crippen molar-refractivity contribution in [3.05, 3.63) is 11.1 Å². The van der Waals surface area contributed by atoms with Gasteiger partial charge in [-0.05, 0) is 32.4 Å². The van der Waals surface area contributed by atoms with Crippen LogP contribution >= 0.6 is 11.3 Å². The zero-order valence-electron chi connectivity index (χ0n) is 15.9. The van der Waals surface area contributed by atoms with Crippen molar-refractivity contribution in [2.24, 2.45) is 5.92 Å². The average Bonchev–Trinajstić information content (AvgIpc) is 3.34. The summed E-state index contributed by atoms with van der Waals surface area (Å²) >= 11 is 1.64. The quantitative estimate of drug-likeness (QED) is 0.781. The van der Waals surface area contributed by atoms with Crippen LogP contribution in [0.2, 0.25) is 0 Å². The van der Waals surface area contributed by atoms with E-state index in [-0.39, 0.29) is 6.03 Å². The fourth-order valence-corrected chi connectivity index (χ4v) is 4.45. The first-order valence-electron chi connectivity index (χ1n) is 9.71. The number of anilines is 1. The van der Waals surface area contributed by atoms with E-state index in [0.29, 0.717) is 12.5 Å². The molecule has 26 heavy (non-hydrogen) atoms. The van der Waals surface area contributed by atoms with Crippen molar-refractivity contribution in [2.45, 2.75) is 26.8 Å². The molecule has 0 aromatic carbocycles. The molecular formula is C18H31N5O2S. The summed E-state index contributed by atoms with van der Waals surface area (Å²) in [5.74, 6) is 0.591. The van der Waals surface area contributed by atoms with Crippen molar-refractivity contribution in [3.8, 4) is 0 Å². The Kier molecular flexibility index (Phi) is 7.10. The maximum Gasteiger partial charge on any atom is 0.317 e. The highest BCUT2D eigenvalue weighted by atomic mass is 32.1. The minimum atomic E-state index is 0.0170. The number of ether oxygens (including phenoxy) is 1. The first-order chi connectivity index (χ1) is 12.7. The number of nitrogens with one attached hydrogen (secondary N) is 1. The number of thiazole rings is 1. The smallest absolute Gasteiger partial charge is 0.317 e. The standard InChI is InChI=1S/C18H31N5O2S/c1-3-21-6-5-15(12-21)13-22(4-2)17(24)19-11-16-14-26-18(20-16)23-7-9-25-10-8-23/h14-15H,3-13H2,1-2H3,(H,19,24). The number of hydrogen-bond acceptors (Lipinski definition) is 6. The summed E-state index contributed by atoms with van der Waals surface area (Å²) in [6.45, 7) is 13.0. The molecule has 0 saturated carbocycles. The van der Waals surface area contributed by atoms with Gasteiger partial charge in [0.2, 0.25) is 0 Å². The van der Waals surface area contributed by atoms with Gasteiger partial charge in [0.15, 0.2) is 5.13 Å². The van der Waals surface area contributed by atoms with E-state index >= 15 is 0 Å². The summed E-state index contributed by atoms with van der Waals surface area (Å²) in [4.78, 5) is 23.8. The average molecular weight is 382 g/mol. The van der Waals surface area contributed by atoms with Gasteiger partial charge < -0.3 is 24.8 Å². The molecule has 0 aliphatic carbocycles. The Morgan fingerprint density at radius 2 is 2.19 bits per heavy atom. The van der Waals surface area contributed by atoms with Crippen LogP contribution in [0, 0.1) is 5.92 Å². The number of aromatic nitrogens is 1. The molecule has 1 unspecified atom stereocenters. The van der Waals surface area contributed by atoms with Crippen molar-refractivity contribution in [3.63, 3.8) is 0 Å². The summed E-state index contributed by atoms with van der Waals surface area (Å²) in [6.07, 6.45) is 1.19. The van der Waals surface area contributed by atoms with E-state index in [1.165, 1.54) is 6.42 Å². The molecule has 2 fully saturated rings. The van der Waals surface area contributed by atoms with Gasteiger partial charge in [0.1, 0.15) is 0 Å². The zero-order valence-corrected chi connectivity index (χ0v) is 16.8. The van der Waals surface area contributed by atoms with Gasteiger partial charge in [0, 0.05) is 38.1 Å². The van der Waals surface area contributed by atoms with E-state index < -0.39 is 0 Å². The molecule has 8 heteroatoms. The van der Waals surface area contributed by atoms with Gasteiger partial charge in [-0.1, -0.05) is 6.92 Å². The van der Waals surface area contributed by atoms with Crippen LogP contribution in [-0.4, -0.2) is 79.8 Å². The molecule has 1 aromatic rings. The van der Waals surface area contributed by atoms with Crippen LogP contribution in [0.15, 0.2) is 5.38 Å². The molecule has 0 spiro atoms. The van der Waals surface area contributed by atoms with Gasteiger partial charge in [-0.25, -0.2) is 9.78 Å². The molecule has 1 atom stereocenters. The third-order valence-electron chi connectivity index (χ3n) is 5.21. The minimum absolute atomic E-state index is 0.0170. The minimum Gasteiger partial charge on any atom is -0.378 e. The highest BCUT2D eigenvalue weighted by molar-refractivity contribution is 7.13. The van der Waals surface area contributed by atoms with Crippen LogP contribution in [-0.2, 0) is 11.3 Å². The largest absolute Gasteiger partial charge is 0.378 e. The summed E-state index contributed by atoms with van der Waals surface area (Å²) in [5, 5.41) is 6.10. The Balaban J connectivity index is 1.45. The Hall–Kier alpha value is -1.38. The number of urea groups is 1. The predicted molar refractivity (Wildman–Crippen MR) is 105 cm³/mol. The van der Waals surface area contributed by atoms with Gasteiger partial charge in [0.05, 0.1) is 25.5 Å². The number of amides is 2. The van der Waals surface area contributed by atoms with E-state index in [0.717, 1.165) is 69.9 Å². The molecule has 1 N–H and O–H groups in total. The Morgan fingerprint density at radius 1 is 1.38 bits per heavy atom. The second-order valence-electron chi connectivity index (χ2n) is 6.97. The van der Waals surface area contributed by atoms with Crippen molar-refractivity contribution in [1.82, 2.24) is 20.1 Å². The summed E-state index contributed by atoms with van der Waals surface area (Å²) < 4.78 is 5.38. The molecule has 3 heterocycles. The number of likely N-dealkylation sites (tertiary alicyclic amines) is 1. The van der Waals surface area contributed by atoms with E-state index in [2.05, 4.69) is 27.0 Å². The SMILES string of the molecule is CCN1CCC(CN(CC)C(=O)NCc2csc(N3CCOCC3)n2)C1. The Bertz CT molecular complexity index is 576. The summed E-state index contributed by atoms with van der Waals surface area (Å²) in [6, 6.07) is 0.0170. The predicted octanol–water partition coefficient (Wildman–Crippen LogP) is 1.85. The molecule has 7 nitrogen and oxygen atoms in total. The molecule has 0 bridgehead atoms. The molecular weight excluding hydrogens is 350 g/mol. The van der Waals surface area contributed by atoms with Crippen molar-refractivity contribution in [2.75, 3.05) is 63.9 Å². The van der Waals surface area contributed by atoms with Gasteiger partial charge in [0.25, 0.3) is 0 Å². The normalized spacial score (nSPS) is 21.2. The lowest BCUT2D eigenvalue weighted by atomic mass is 10.1. The molecule has 2 saturated heterocycles. The number of morpholine rings is 1. The van der Waals surface area contributed by atoms with Crippen molar-refractivity contribution >= 4 is 22.5 Å². The topological polar surface area (TPSA) is 60.9 Å². The van der Waals surface area contributed by atoms with Crippen LogP contribution in [0.1, 0.15) is 26.0 Å². The molecule has 2 aliphatic rings. The zero-order chi connectivity index (χ0) is 18.4. The van der Waals surface area contributed by atoms with Gasteiger partial charge in [-0.15, -0.1) is 11.3 Å². The monoisotopic (exact) mass is 381 g/mol. The summed E-state index contributed by atoms with van der Waals surface area (Å²) in [7, 11) is 0. The van der Waals surface area contributed by atoms with Crippen LogP contribution in [0.4, 0.5) is 9.93 Å². The maximum atomic E-state index is 12.5. The van der Waals surface area contributed by atoms with Crippen molar-refractivity contribution < 1.29 is 9.53 Å². The first kappa shape index (κ1) is 19.4. The molecule has 2 aliphatic heterocycles. The highest BCUT2D eigenvalue weighted by Crippen LogP contribution is 2.21. The van der Waals surface area contributed by atoms with E-state index in [1.807, 2.05) is 17.2 Å². The fourth-order valence-electron chi connectivity index (χ4n) is 3.57. The van der Waals surface area contributed by atoms with Crippen LogP contribution in [0.3, 0.4) is 0 Å². The highest BCUT2D eigenvalue weighted by Gasteiger charge is 2.25. The number of rotatable bonds is 7. The van der Waals surface area contributed by atoms with Crippen LogP contribution in [0.25, 0.3) is 0 Å². The molecule has 3 rings (SSSR count). The van der Waals surface area contributed by atoms with E-state index in [9.17, 15) is 4.79 Å². The van der Waals surface area contributed by atoms with E-state index in [1.54, 1.807) is 11.3 Å². The Morgan fingerprint density at radius 3 is 2.88 bits per heavy atom. The lowest BCUT2D eigenvalue weighted by Gasteiger charge is -2.26. The van der Waals surface area contributed by atoms with Crippen LogP contribution < -0.4 is 10.2 Å². The summed E-state index contributed by atoms with van der Waals surface area (Å²) in [5.41, 5.74) is 0.930. The molecule has 0 radical (unpaired) electrons. The second kappa shape index (κ2) is 9.53. The molecule has 2 amide bonds.